The maximum Gasteiger partial charge on any atom is 0.311 e. The van der Waals surface area contributed by atoms with Crippen LogP contribution >= 0.6 is 0 Å². The Morgan fingerprint density at radius 2 is 0.397 bits per heavy atom. The van der Waals surface area contributed by atoms with E-state index in [-0.39, 0.29) is 72.9 Å². The zero-order valence-electron chi connectivity index (χ0n) is 86.5. The highest BCUT2D eigenvalue weighted by molar-refractivity contribution is 5.83. The van der Waals surface area contributed by atoms with Crippen LogP contribution in [-0.4, -0.2) is 122 Å². The molecular weight excluding hydrogens is 1560 g/mol. The van der Waals surface area contributed by atoms with E-state index < -0.39 is 10.8 Å². The molecule has 0 saturated heterocycles. The minimum absolute atomic E-state index is 0.0165. The Bertz CT molecular complexity index is 2180. The molecule has 14 heteroatoms. The molecule has 0 aliphatic rings. The molecule has 746 valence electrons. The van der Waals surface area contributed by atoms with Crippen molar-refractivity contribution < 1.29 is 47.7 Å². The van der Waals surface area contributed by atoms with E-state index in [1.165, 1.54) is 257 Å². The van der Waals surface area contributed by atoms with Crippen molar-refractivity contribution in [2.24, 2.45) is 10.8 Å². The van der Waals surface area contributed by atoms with Crippen LogP contribution in [0.3, 0.4) is 0 Å². The number of hydrogen-bond acceptors (Lipinski definition) is 12. The molecule has 14 nitrogen and oxygen atoms in total. The van der Waals surface area contributed by atoms with Crippen molar-refractivity contribution in [3.8, 4) is 0 Å². The summed E-state index contributed by atoms with van der Waals surface area (Å²) in [5.74, 6) is -0.278. The van der Waals surface area contributed by atoms with Gasteiger partial charge < -0.3 is 39.4 Å². The Balaban J connectivity index is 6.01. The molecule has 126 heavy (non-hydrogen) atoms. The van der Waals surface area contributed by atoms with Gasteiger partial charge in [0.15, 0.2) is 0 Å². The van der Waals surface area contributed by atoms with Crippen LogP contribution in [0.1, 0.15) is 597 Å². The van der Waals surface area contributed by atoms with Crippen LogP contribution in [0.15, 0.2) is 0 Å². The maximum atomic E-state index is 13.9. The topological polar surface area (TPSA) is 170 Å². The molecule has 2 amide bonds. The molecule has 0 radical (unpaired) electrons. The number of esters is 4. The summed E-state index contributed by atoms with van der Waals surface area (Å²) in [7, 11) is 0. The zero-order chi connectivity index (χ0) is 92.4. The molecule has 0 spiro atoms. The van der Waals surface area contributed by atoms with Crippen LogP contribution in [0.2, 0.25) is 0 Å². The molecule has 0 aliphatic heterocycles. The Kier molecular flexibility index (Phi) is 89.8. The number of rotatable bonds is 101. The van der Waals surface area contributed by atoms with Crippen LogP contribution in [0.4, 0.5) is 0 Å². The van der Waals surface area contributed by atoms with Gasteiger partial charge in [-0.1, -0.05) is 389 Å². The first-order valence-corrected chi connectivity index (χ1v) is 56.1. The molecule has 0 atom stereocenters. The number of amides is 2. The second-order valence-corrected chi connectivity index (χ2v) is 40.7. The molecule has 0 aromatic carbocycles. The highest BCUT2D eigenvalue weighted by Crippen LogP contribution is 2.32. The summed E-state index contributed by atoms with van der Waals surface area (Å²) in [5, 5.41) is 6.37. The Morgan fingerprint density at radius 3 is 0.619 bits per heavy atom. The van der Waals surface area contributed by atoms with E-state index in [9.17, 15) is 28.8 Å². The van der Waals surface area contributed by atoms with Gasteiger partial charge in [-0.25, -0.2) is 0 Å². The van der Waals surface area contributed by atoms with Gasteiger partial charge in [0.2, 0.25) is 11.8 Å². The first-order chi connectivity index (χ1) is 61.3. The lowest BCUT2D eigenvalue weighted by molar-refractivity contribution is -0.161. The first kappa shape index (κ1) is 123. The van der Waals surface area contributed by atoms with E-state index in [0.717, 1.165) is 270 Å². The van der Waals surface area contributed by atoms with E-state index in [2.05, 4.69) is 104 Å². The van der Waals surface area contributed by atoms with E-state index in [0.29, 0.717) is 25.9 Å². The average molecular weight is 1780 g/mol. The van der Waals surface area contributed by atoms with Crippen LogP contribution in [-0.2, 0) is 47.7 Å². The fourth-order valence-electron chi connectivity index (χ4n) is 18.1. The fraction of sp³-hybridized carbons (Fsp3) is 0.946. The number of hydrogen-bond donors (Lipinski definition) is 2. The lowest BCUT2D eigenvalue weighted by Crippen LogP contribution is -2.37. The fourth-order valence-corrected chi connectivity index (χ4v) is 18.1. The Morgan fingerprint density at radius 1 is 0.214 bits per heavy atom. The summed E-state index contributed by atoms with van der Waals surface area (Å²) < 4.78 is 25.2. The summed E-state index contributed by atoms with van der Waals surface area (Å²) in [6, 6.07) is 0. The lowest BCUT2D eigenvalue weighted by Gasteiger charge is -2.27. The van der Waals surface area contributed by atoms with Gasteiger partial charge in [-0.3, -0.25) is 28.8 Å². The van der Waals surface area contributed by atoms with Crippen molar-refractivity contribution in [1.82, 2.24) is 20.4 Å². The third-order valence-electron chi connectivity index (χ3n) is 27.1. The largest absolute Gasteiger partial charge is 0.462 e. The van der Waals surface area contributed by atoms with E-state index in [4.69, 9.17) is 18.9 Å². The lowest BCUT2D eigenvalue weighted by atomic mass is 9.86. The van der Waals surface area contributed by atoms with E-state index in [1.807, 2.05) is 0 Å². The average Bonchev–Trinajstić information content (AvgIpc) is 0.877. The summed E-state index contributed by atoms with van der Waals surface area (Å²) in [6.07, 6.45) is 89.4. The summed E-state index contributed by atoms with van der Waals surface area (Å²) in [6.45, 7) is 32.8. The molecule has 0 unspecified atom stereocenters. The quantitative estimate of drug-likeness (QED) is 0.0336. The Labute approximate surface area is 783 Å². The van der Waals surface area contributed by atoms with E-state index >= 15 is 0 Å². The van der Waals surface area contributed by atoms with Crippen molar-refractivity contribution in [2.75, 3.05) is 52.4 Å². The van der Waals surface area contributed by atoms with Crippen molar-refractivity contribution in [3.63, 3.8) is 0 Å². The number of unbranched alkanes of at least 4 members (excludes halogenated alkanes) is 54. The number of nitrogens with one attached hydrogen (secondary N) is 2. The van der Waals surface area contributed by atoms with Crippen molar-refractivity contribution in [2.45, 2.75) is 621 Å². The molecule has 0 rings (SSSR count). The molecule has 0 heterocycles. The van der Waals surface area contributed by atoms with Gasteiger partial charge in [0.05, 0.1) is 10.8 Å². The standard InChI is InChI=1S/C112H218N4O10/c1-13-21-29-37-47-63-79-101(80-64-48-38-30-22-14-2)123-107(119)87-71-55-45-59-75-95-115(96-76-60-46-56-72-88-108(120)124-102(81-65-49-39-31-23-15-3)82-66-50-40-32-24-16-4)99-93-113-105(117)89-90-106(118)114-94-100-116(97-77-61-57-73-91-111(9,10)109(121)125-103(83-67-51-41-33-25-17-5)84-68-52-42-34-26-18-6)98-78-62-58-74-92-112(11,12)110(122)126-104(85-69-53-43-35-27-19-7)86-70-54-44-36-28-20-8/h101-104H,13-100H2,1-12H3,(H,113,117)(H,114,118). The maximum absolute atomic E-state index is 13.9. The highest BCUT2D eigenvalue weighted by Gasteiger charge is 2.33. The van der Waals surface area contributed by atoms with Gasteiger partial charge in [0, 0.05) is 51.9 Å². The van der Waals surface area contributed by atoms with Crippen LogP contribution in [0.5, 0.6) is 0 Å². The monoisotopic (exact) mass is 1780 g/mol. The van der Waals surface area contributed by atoms with Gasteiger partial charge in [-0.15, -0.1) is 0 Å². The first-order valence-electron chi connectivity index (χ1n) is 56.1. The third-order valence-corrected chi connectivity index (χ3v) is 27.1. The predicted octanol–water partition coefficient (Wildman–Crippen LogP) is 32.9. The molecule has 0 bridgehead atoms. The molecule has 0 aliphatic carbocycles. The van der Waals surface area contributed by atoms with Gasteiger partial charge in [-0.05, 0) is 208 Å². The van der Waals surface area contributed by atoms with Gasteiger partial charge in [0.25, 0.3) is 0 Å². The molecule has 2 N–H and O–H groups in total. The van der Waals surface area contributed by atoms with Gasteiger partial charge >= 0.3 is 23.9 Å². The smallest absolute Gasteiger partial charge is 0.311 e. The second-order valence-electron chi connectivity index (χ2n) is 40.7. The summed E-state index contributed by atoms with van der Waals surface area (Å²) in [4.78, 5) is 86.4. The number of ether oxygens (including phenoxy) is 4. The van der Waals surface area contributed by atoms with Crippen molar-refractivity contribution >= 4 is 35.7 Å². The highest BCUT2D eigenvalue weighted by atomic mass is 16.6. The summed E-state index contributed by atoms with van der Waals surface area (Å²) in [5.41, 5.74) is -1.05. The molecule has 0 aromatic rings. The third kappa shape index (κ3) is 81.5. The Hall–Kier alpha value is -3.26. The molecule has 0 aromatic heterocycles. The zero-order valence-corrected chi connectivity index (χ0v) is 86.5. The van der Waals surface area contributed by atoms with Gasteiger partial charge in [0.1, 0.15) is 24.4 Å². The minimum atomic E-state index is -0.523. The normalized spacial score (nSPS) is 12.0. The van der Waals surface area contributed by atoms with E-state index in [1.54, 1.807) is 0 Å². The molecule has 0 fully saturated rings. The molecular formula is C112H218N4O10. The number of carbonyl (C=O) groups excluding carboxylic acids is 6. The van der Waals surface area contributed by atoms with Crippen LogP contribution in [0.25, 0.3) is 0 Å². The second kappa shape index (κ2) is 92.2. The minimum Gasteiger partial charge on any atom is -0.462 e. The predicted molar refractivity (Wildman–Crippen MR) is 541 cm³/mol. The number of nitrogens with zero attached hydrogens (tertiary/aromatic N) is 2. The van der Waals surface area contributed by atoms with Crippen LogP contribution < -0.4 is 10.6 Å². The number of carbonyl (C=O) groups is 6. The van der Waals surface area contributed by atoms with Gasteiger partial charge in [-0.2, -0.15) is 0 Å². The van der Waals surface area contributed by atoms with Crippen LogP contribution in [0, 0.1) is 10.8 Å². The molecule has 0 saturated carbocycles. The van der Waals surface area contributed by atoms with Crippen molar-refractivity contribution in [3.05, 3.63) is 0 Å². The SMILES string of the molecule is CCCCCCCCC(CCCCCCCC)OC(=O)CCCCCCCN(CCCCCCCC(=O)OC(CCCCCCCC)CCCCCCCC)CCNC(=O)CCC(=O)NCCN(CCCCCCC(C)(C)C(=O)OC(CCCCCCCC)CCCCCCCC)CCCCCCC(C)(C)C(=O)OC(CCCCCCCC)CCCCCCCC. The summed E-state index contributed by atoms with van der Waals surface area (Å²) >= 11 is 0. The van der Waals surface area contributed by atoms with Crippen molar-refractivity contribution in [1.29, 1.82) is 0 Å².